The van der Waals surface area contributed by atoms with Crippen LogP contribution < -0.4 is 0 Å². The lowest BCUT2D eigenvalue weighted by molar-refractivity contribution is 0.396. The van der Waals surface area contributed by atoms with Crippen molar-refractivity contribution in [3.63, 3.8) is 0 Å². The molecule has 0 saturated carbocycles. The van der Waals surface area contributed by atoms with E-state index < -0.39 is 10.0 Å². The van der Waals surface area contributed by atoms with Crippen LogP contribution in [0.25, 0.3) is 0 Å². The first kappa shape index (κ1) is 14.8. The van der Waals surface area contributed by atoms with Crippen LogP contribution in [0, 0.1) is 0 Å². The predicted octanol–water partition coefficient (Wildman–Crippen LogP) is 3.97. The molecular weight excluding hydrogens is 350 g/mol. The fraction of sp³-hybridized carbons (Fsp3) is 0.250. The van der Waals surface area contributed by atoms with Crippen molar-refractivity contribution in [3.05, 3.63) is 64.6 Å². The molecule has 0 aliphatic carbocycles. The molecule has 1 aliphatic heterocycles. The van der Waals surface area contributed by atoms with E-state index in [1.165, 1.54) is 0 Å². The van der Waals surface area contributed by atoms with Gasteiger partial charge in [0.05, 0.1) is 10.9 Å². The molecule has 2 aromatic rings. The van der Waals surface area contributed by atoms with Gasteiger partial charge in [0.1, 0.15) is 0 Å². The summed E-state index contributed by atoms with van der Waals surface area (Å²) in [4.78, 5) is 0.355. The summed E-state index contributed by atoms with van der Waals surface area (Å²) < 4.78 is 28.2. The lowest BCUT2D eigenvalue weighted by atomic mass is 10.1. The van der Waals surface area contributed by atoms with E-state index in [-0.39, 0.29) is 6.04 Å². The molecule has 1 atom stereocenters. The molecule has 1 saturated heterocycles. The highest BCUT2D eigenvalue weighted by Crippen LogP contribution is 2.36. The average Bonchev–Trinajstić information content (AvgIpc) is 2.99. The molecule has 3 nitrogen and oxygen atoms in total. The highest BCUT2D eigenvalue weighted by atomic mass is 79.9. The van der Waals surface area contributed by atoms with Crippen LogP contribution in [0.1, 0.15) is 24.4 Å². The maximum absolute atomic E-state index is 12.8. The zero-order valence-corrected chi connectivity index (χ0v) is 13.8. The van der Waals surface area contributed by atoms with Crippen molar-refractivity contribution in [3.8, 4) is 0 Å². The van der Waals surface area contributed by atoms with Crippen LogP contribution in [0.4, 0.5) is 0 Å². The van der Waals surface area contributed by atoms with Crippen LogP contribution in [0.5, 0.6) is 0 Å². The molecular formula is C16H16BrNO2S. The minimum atomic E-state index is -3.44. The zero-order valence-electron chi connectivity index (χ0n) is 11.4. The standard InChI is InChI=1S/C16H16BrNO2S/c17-14-8-10-15(11-9-14)21(19,20)18-12-4-7-16(18)13-5-2-1-3-6-13/h1-3,5-6,8-11,16H,4,7,12H2/t16-/m0/s1. The van der Waals surface area contributed by atoms with E-state index in [4.69, 9.17) is 0 Å². The van der Waals surface area contributed by atoms with E-state index >= 15 is 0 Å². The molecule has 3 rings (SSSR count). The first-order valence-corrected chi connectivity index (χ1v) is 9.15. The van der Waals surface area contributed by atoms with Gasteiger partial charge in [0.15, 0.2) is 0 Å². The molecule has 5 heteroatoms. The van der Waals surface area contributed by atoms with Gasteiger partial charge in [-0.1, -0.05) is 46.3 Å². The maximum atomic E-state index is 12.8. The summed E-state index contributed by atoms with van der Waals surface area (Å²) in [7, 11) is -3.44. The van der Waals surface area contributed by atoms with Gasteiger partial charge < -0.3 is 0 Å². The van der Waals surface area contributed by atoms with Gasteiger partial charge in [0.2, 0.25) is 10.0 Å². The molecule has 0 N–H and O–H groups in total. The summed E-state index contributed by atoms with van der Waals surface area (Å²) >= 11 is 3.34. The summed E-state index contributed by atoms with van der Waals surface area (Å²) in [5.74, 6) is 0. The van der Waals surface area contributed by atoms with E-state index in [0.717, 1.165) is 22.9 Å². The van der Waals surface area contributed by atoms with Crippen LogP contribution in [0.2, 0.25) is 0 Å². The normalized spacial score (nSPS) is 19.8. The summed E-state index contributed by atoms with van der Waals surface area (Å²) in [6.45, 7) is 0.581. The van der Waals surface area contributed by atoms with Crippen molar-refractivity contribution in [2.75, 3.05) is 6.54 Å². The van der Waals surface area contributed by atoms with Gasteiger partial charge in [-0.05, 0) is 42.7 Å². The van der Waals surface area contributed by atoms with Gasteiger partial charge in [0, 0.05) is 11.0 Å². The Bertz CT molecular complexity index is 714. The molecule has 0 aromatic heterocycles. The molecule has 1 aliphatic rings. The number of halogens is 1. The number of hydrogen-bond acceptors (Lipinski definition) is 2. The predicted molar refractivity (Wildman–Crippen MR) is 86.5 cm³/mol. The van der Waals surface area contributed by atoms with Crippen molar-refractivity contribution in [1.29, 1.82) is 0 Å². The van der Waals surface area contributed by atoms with Crippen molar-refractivity contribution >= 4 is 26.0 Å². The minimum absolute atomic E-state index is 0.0557. The van der Waals surface area contributed by atoms with Crippen LogP contribution >= 0.6 is 15.9 Å². The van der Waals surface area contributed by atoms with E-state index in [1.54, 1.807) is 28.6 Å². The van der Waals surface area contributed by atoms with Crippen molar-refractivity contribution in [2.24, 2.45) is 0 Å². The SMILES string of the molecule is O=S(=O)(c1ccc(Br)cc1)N1CCC[C@H]1c1ccccc1. The zero-order chi connectivity index (χ0) is 14.9. The average molecular weight is 366 g/mol. The van der Waals surface area contributed by atoms with Gasteiger partial charge in [-0.15, -0.1) is 0 Å². The Morgan fingerprint density at radius 2 is 1.67 bits per heavy atom. The highest BCUT2D eigenvalue weighted by molar-refractivity contribution is 9.10. The number of hydrogen-bond donors (Lipinski definition) is 0. The molecule has 0 radical (unpaired) electrons. The summed E-state index contributed by atoms with van der Waals surface area (Å²) in [5.41, 5.74) is 1.07. The molecule has 0 amide bonds. The summed E-state index contributed by atoms with van der Waals surface area (Å²) in [5, 5.41) is 0. The third kappa shape index (κ3) is 2.91. The molecule has 1 heterocycles. The Hall–Kier alpha value is -1.17. The minimum Gasteiger partial charge on any atom is -0.207 e. The molecule has 21 heavy (non-hydrogen) atoms. The second-order valence-corrected chi connectivity index (χ2v) is 7.94. The van der Waals surface area contributed by atoms with Gasteiger partial charge in [-0.25, -0.2) is 8.42 Å². The molecule has 0 spiro atoms. The molecule has 1 fully saturated rings. The summed E-state index contributed by atoms with van der Waals surface area (Å²) in [6.07, 6.45) is 1.77. The highest BCUT2D eigenvalue weighted by Gasteiger charge is 2.35. The smallest absolute Gasteiger partial charge is 0.207 e. The maximum Gasteiger partial charge on any atom is 0.243 e. The van der Waals surface area contributed by atoms with E-state index in [9.17, 15) is 8.42 Å². The fourth-order valence-corrected chi connectivity index (χ4v) is 4.72. The lowest BCUT2D eigenvalue weighted by Crippen LogP contribution is -2.30. The largest absolute Gasteiger partial charge is 0.243 e. The van der Waals surface area contributed by atoms with Crippen LogP contribution in [0.3, 0.4) is 0 Å². The molecule has 110 valence electrons. The van der Waals surface area contributed by atoms with Gasteiger partial charge in [-0.2, -0.15) is 4.31 Å². The van der Waals surface area contributed by atoms with Crippen LogP contribution in [-0.2, 0) is 10.0 Å². The van der Waals surface area contributed by atoms with E-state index in [0.29, 0.717) is 11.4 Å². The molecule has 0 bridgehead atoms. The Morgan fingerprint density at radius 1 is 1.00 bits per heavy atom. The summed E-state index contributed by atoms with van der Waals surface area (Å²) in [6, 6.07) is 16.6. The second-order valence-electron chi connectivity index (χ2n) is 5.14. The van der Waals surface area contributed by atoms with E-state index in [1.807, 2.05) is 30.3 Å². The Labute approximate surface area is 133 Å². The third-order valence-corrected chi connectivity index (χ3v) is 6.26. The quantitative estimate of drug-likeness (QED) is 0.824. The first-order chi connectivity index (χ1) is 10.1. The number of benzene rings is 2. The Kier molecular flexibility index (Phi) is 4.15. The first-order valence-electron chi connectivity index (χ1n) is 6.91. The number of sulfonamides is 1. The van der Waals surface area contributed by atoms with Crippen molar-refractivity contribution in [2.45, 2.75) is 23.8 Å². The van der Waals surface area contributed by atoms with Gasteiger partial charge in [-0.3, -0.25) is 0 Å². The Balaban J connectivity index is 1.96. The van der Waals surface area contributed by atoms with Gasteiger partial charge in [0.25, 0.3) is 0 Å². The van der Waals surface area contributed by atoms with Crippen LogP contribution in [-0.4, -0.2) is 19.3 Å². The second kappa shape index (κ2) is 5.91. The molecule has 0 unspecified atom stereocenters. The van der Waals surface area contributed by atoms with Crippen molar-refractivity contribution in [1.82, 2.24) is 4.31 Å². The molecule has 2 aromatic carbocycles. The number of rotatable bonds is 3. The topological polar surface area (TPSA) is 37.4 Å². The monoisotopic (exact) mass is 365 g/mol. The number of nitrogens with zero attached hydrogens (tertiary/aromatic N) is 1. The third-order valence-electron chi connectivity index (χ3n) is 3.81. The fourth-order valence-electron chi connectivity index (χ4n) is 2.78. The van der Waals surface area contributed by atoms with Crippen LogP contribution in [0.15, 0.2) is 64.0 Å². The van der Waals surface area contributed by atoms with E-state index in [2.05, 4.69) is 15.9 Å². The lowest BCUT2D eigenvalue weighted by Gasteiger charge is -2.24. The van der Waals surface area contributed by atoms with Gasteiger partial charge >= 0.3 is 0 Å². The van der Waals surface area contributed by atoms with Crippen molar-refractivity contribution < 1.29 is 8.42 Å². The Morgan fingerprint density at radius 3 is 2.33 bits per heavy atom.